The van der Waals surface area contributed by atoms with Gasteiger partial charge in [0.1, 0.15) is 0 Å². The first kappa shape index (κ1) is 19.1. The van der Waals surface area contributed by atoms with Crippen molar-refractivity contribution in [2.75, 3.05) is 0 Å². The first-order chi connectivity index (χ1) is 11.0. The van der Waals surface area contributed by atoms with Gasteiger partial charge in [0.15, 0.2) is 0 Å². The smallest absolute Gasteiger partial charge is 0.0973 e. The van der Waals surface area contributed by atoms with Gasteiger partial charge in [-0.15, -0.1) is 11.8 Å². The summed E-state index contributed by atoms with van der Waals surface area (Å²) in [6.07, 6.45) is 4.45. The van der Waals surface area contributed by atoms with Gasteiger partial charge in [-0.1, -0.05) is 119 Å². The number of rotatable bonds is 8. The molecular weight excluding hydrogens is 432 g/mol. The average Bonchev–Trinajstić information content (AvgIpc) is 2.57. The second-order valence-electron chi connectivity index (χ2n) is 5.79. The van der Waals surface area contributed by atoms with Crippen LogP contribution in [-0.4, -0.2) is 0 Å². The van der Waals surface area contributed by atoms with Gasteiger partial charge in [0.05, 0.1) is 7.31 Å². The minimum atomic E-state index is -0.0858. The molecule has 0 saturated carbocycles. The highest BCUT2D eigenvalue weighted by Crippen LogP contribution is 2.59. The lowest BCUT2D eigenvalue weighted by molar-refractivity contribution is 0.707. The molecule has 2 aromatic carbocycles. The Morgan fingerprint density at radius 1 is 0.696 bits per heavy atom. The maximum Gasteiger partial charge on any atom is 0.0973 e. The van der Waals surface area contributed by atoms with E-state index in [2.05, 4.69) is 106 Å². The number of alkyl halides is 2. The fraction of sp³-hybridized carbons (Fsp3) is 0.400. The summed E-state index contributed by atoms with van der Waals surface area (Å²) in [5.41, 5.74) is 2.67. The van der Waals surface area contributed by atoms with E-state index in [4.69, 9.17) is 0 Å². The molecular formula is C20H24Br2S. The Morgan fingerprint density at radius 2 is 1.04 bits per heavy atom. The van der Waals surface area contributed by atoms with Crippen molar-refractivity contribution in [2.45, 2.75) is 46.8 Å². The highest BCUT2D eigenvalue weighted by molar-refractivity contribution is 9.13. The molecule has 0 aliphatic heterocycles. The molecule has 0 saturated heterocycles. The molecule has 0 aromatic heterocycles. The summed E-state index contributed by atoms with van der Waals surface area (Å²) in [6.45, 7) is 4.50. The normalized spacial score (nSPS) is 16.5. The predicted molar refractivity (Wildman–Crippen MR) is 112 cm³/mol. The Kier molecular flexibility index (Phi) is 7.24. The van der Waals surface area contributed by atoms with Crippen LogP contribution in [0.4, 0.5) is 0 Å². The Labute approximate surface area is 161 Å². The Bertz CT molecular complexity index is 534. The SMILES string of the molecule is CCCC(Br)(SC(Br)(CCC)c1ccccc1)c1ccccc1. The zero-order valence-electron chi connectivity index (χ0n) is 13.8. The van der Waals surface area contributed by atoms with E-state index in [0.29, 0.717) is 0 Å². The predicted octanol–water partition coefficient (Wildman–Crippen LogP) is 7.82. The van der Waals surface area contributed by atoms with E-state index in [0.717, 1.165) is 25.7 Å². The summed E-state index contributed by atoms with van der Waals surface area (Å²) >= 11 is 10.2. The molecule has 0 nitrogen and oxygen atoms in total. The number of halogens is 2. The summed E-state index contributed by atoms with van der Waals surface area (Å²) in [4.78, 5) is 0. The van der Waals surface area contributed by atoms with Gasteiger partial charge in [0.2, 0.25) is 0 Å². The molecule has 2 rings (SSSR count). The molecule has 3 heteroatoms. The maximum absolute atomic E-state index is 4.09. The summed E-state index contributed by atoms with van der Waals surface area (Å²) < 4.78 is -0.172. The largest absolute Gasteiger partial charge is 0.115 e. The van der Waals surface area contributed by atoms with E-state index < -0.39 is 0 Å². The van der Waals surface area contributed by atoms with Crippen LogP contribution in [0, 0.1) is 0 Å². The molecule has 23 heavy (non-hydrogen) atoms. The van der Waals surface area contributed by atoms with Crippen LogP contribution in [0.2, 0.25) is 0 Å². The van der Waals surface area contributed by atoms with Gasteiger partial charge in [-0.2, -0.15) is 0 Å². The summed E-state index contributed by atoms with van der Waals surface area (Å²) in [5, 5.41) is 0. The zero-order chi connectivity index (χ0) is 16.8. The number of hydrogen-bond donors (Lipinski definition) is 0. The lowest BCUT2D eigenvalue weighted by Gasteiger charge is -2.37. The molecule has 0 amide bonds. The minimum Gasteiger partial charge on any atom is -0.115 e. The van der Waals surface area contributed by atoms with Gasteiger partial charge >= 0.3 is 0 Å². The van der Waals surface area contributed by atoms with Crippen LogP contribution in [-0.2, 0) is 7.31 Å². The molecule has 0 aliphatic rings. The lowest BCUT2D eigenvalue weighted by Crippen LogP contribution is -2.23. The van der Waals surface area contributed by atoms with Crippen molar-refractivity contribution in [1.82, 2.24) is 0 Å². The van der Waals surface area contributed by atoms with Crippen molar-refractivity contribution in [3.63, 3.8) is 0 Å². The average molecular weight is 456 g/mol. The Morgan fingerprint density at radius 3 is 1.35 bits per heavy atom. The number of thioether (sulfide) groups is 1. The molecule has 0 radical (unpaired) electrons. The van der Waals surface area contributed by atoms with Crippen LogP contribution in [0.1, 0.15) is 50.7 Å². The van der Waals surface area contributed by atoms with Crippen LogP contribution < -0.4 is 0 Å². The van der Waals surface area contributed by atoms with Crippen molar-refractivity contribution in [2.24, 2.45) is 0 Å². The van der Waals surface area contributed by atoms with Gasteiger partial charge in [0, 0.05) is 0 Å². The topological polar surface area (TPSA) is 0 Å². The van der Waals surface area contributed by atoms with E-state index >= 15 is 0 Å². The van der Waals surface area contributed by atoms with Gasteiger partial charge in [-0.25, -0.2) is 0 Å². The molecule has 0 fully saturated rings. The molecule has 0 aliphatic carbocycles. The van der Waals surface area contributed by atoms with Gasteiger partial charge in [0.25, 0.3) is 0 Å². The van der Waals surface area contributed by atoms with Gasteiger partial charge in [-0.05, 0) is 24.0 Å². The molecule has 0 spiro atoms. The van der Waals surface area contributed by atoms with E-state index in [9.17, 15) is 0 Å². The summed E-state index contributed by atoms with van der Waals surface area (Å²) in [5.74, 6) is 0. The summed E-state index contributed by atoms with van der Waals surface area (Å²) in [7, 11) is 0. The zero-order valence-corrected chi connectivity index (χ0v) is 17.8. The van der Waals surface area contributed by atoms with E-state index in [1.165, 1.54) is 11.1 Å². The minimum absolute atomic E-state index is 0.0858. The van der Waals surface area contributed by atoms with Crippen LogP contribution in [0.5, 0.6) is 0 Å². The number of hydrogen-bond acceptors (Lipinski definition) is 1. The fourth-order valence-electron chi connectivity index (χ4n) is 2.78. The fourth-order valence-corrected chi connectivity index (χ4v) is 8.05. The second kappa shape index (κ2) is 8.73. The highest BCUT2D eigenvalue weighted by Gasteiger charge is 2.40. The lowest BCUT2D eigenvalue weighted by atomic mass is 10.1. The molecule has 124 valence electrons. The van der Waals surface area contributed by atoms with E-state index in [-0.39, 0.29) is 7.31 Å². The van der Waals surface area contributed by atoms with Gasteiger partial charge in [-0.3, -0.25) is 0 Å². The monoisotopic (exact) mass is 454 g/mol. The van der Waals surface area contributed by atoms with Crippen LogP contribution in [0.3, 0.4) is 0 Å². The van der Waals surface area contributed by atoms with Crippen LogP contribution in [0.25, 0.3) is 0 Å². The van der Waals surface area contributed by atoms with Crippen LogP contribution in [0.15, 0.2) is 60.7 Å². The maximum atomic E-state index is 4.09. The van der Waals surface area contributed by atoms with Crippen molar-refractivity contribution in [1.29, 1.82) is 0 Å². The molecule has 0 N–H and O–H groups in total. The first-order valence-electron chi connectivity index (χ1n) is 8.23. The molecule has 2 unspecified atom stereocenters. The van der Waals surface area contributed by atoms with E-state index in [1.54, 1.807) is 0 Å². The van der Waals surface area contributed by atoms with Crippen molar-refractivity contribution >= 4 is 43.6 Å². The Balaban J connectivity index is 2.39. The first-order valence-corrected chi connectivity index (χ1v) is 10.6. The third-order valence-electron chi connectivity index (χ3n) is 3.88. The quantitative estimate of drug-likeness (QED) is 0.365. The number of benzene rings is 2. The van der Waals surface area contributed by atoms with Gasteiger partial charge < -0.3 is 0 Å². The summed E-state index contributed by atoms with van der Waals surface area (Å²) in [6, 6.07) is 21.6. The van der Waals surface area contributed by atoms with Crippen molar-refractivity contribution < 1.29 is 0 Å². The molecule has 2 aromatic rings. The second-order valence-corrected chi connectivity index (χ2v) is 11.1. The van der Waals surface area contributed by atoms with Crippen molar-refractivity contribution in [3.05, 3.63) is 71.8 Å². The third kappa shape index (κ3) is 4.87. The molecule has 0 bridgehead atoms. The Hall–Kier alpha value is -0.250. The molecule has 0 heterocycles. The third-order valence-corrected chi connectivity index (χ3v) is 8.08. The molecule has 2 atom stereocenters. The van der Waals surface area contributed by atoms with Crippen LogP contribution >= 0.6 is 43.6 Å². The standard InChI is InChI=1S/C20H24Br2S/c1-3-15-19(21,17-11-7-5-8-12-17)23-20(22,16-4-2)18-13-9-6-10-14-18/h5-14H,3-4,15-16H2,1-2H3. The highest BCUT2D eigenvalue weighted by atomic mass is 79.9. The van der Waals surface area contributed by atoms with Crippen molar-refractivity contribution in [3.8, 4) is 0 Å². The van der Waals surface area contributed by atoms with E-state index in [1.807, 2.05) is 11.8 Å².